The lowest BCUT2D eigenvalue weighted by molar-refractivity contribution is 0.479. The summed E-state index contributed by atoms with van der Waals surface area (Å²) in [6, 6.07) is 15.0. The van der Waals surface area contributed by atoms with Gasteiger partial charge >= 0.3 is 0 Å². The fraction of sp³-hybridized carbons (Fsp3) is 0.0769. The summed E-state index contributed by atoms with van der Waals surface area (Å²) in [7, 11) is -0.537. The van der Waals surface area contributed by atoms with E-state index in [1.165, 1.54) is 5.56 Å². The summed E-state index contributed by atoms with van der Waals surface area (Å²) >= 11 is 0. The van der Waals surface area contributed by atoms with Gasteiger partial charge < -0.3 is 14.2 Å². The molecule has 0 bridgehead atoms. The lowest BCUT2D eigenvalue weighted by Gasteiger charge is -2.07. The van der Waals surface area contributed by atoms with E-state index >= 15 is 0 Å². The van der Waals surface area contributed by atoms with Gasteiger partial charge in [-0.1, -0.05) is 17.7 Å². The molecule has 1 atom stereocenters. The molecule has 1 N–H and O–H groups in total. The van der Waals surface area contributed by atoms with Crippen molar-refractivity contribution in [3.8, 4) is 17.2 Å². The highest BCUT2D eigenvalue weighted by Gasteiger charge is 1.98. The molecular formula is C13H13O3P. The third-order valence-corrected chi connectivity index (χ3v) is 2.57. The second-order valence-corrected chi connectivity index (χ2v) is 3.97. The van der Waals surface area contributed by atoms with Gasteiger partial charge in [0.05, 0.1) is 0 Å². The molecule has 4 heteroatoms. The Morgan fingerprint density at radius 1 is 0.824 bits per heavy atom. The molecule has 17 heavy (non-hydrogen) atoms. The Kier molecular flexibility index (Phi) is 3.97. The molecule has 2 aromatic carbocycles. The highest BCUT2D eigenvalue weighted by Crippen LogP contribution is 2.25. The fourth-order valence-electron chi connectivity index (χ4n) is 1.37. The zero-order chi connectivity index (χ0) is 12.1. The summed E-state index contributed by atoms with van der Waals surface area (Å²) in [5, 5.41) is 0. The first kappa shape index (κ1) is 11.9. The summed E-state index contributed by atoms with van der Waals surface area (Å²) in [5.74, 6) is 2.16. The summed E-state index contributed by atoms with van der Waals surface area (Å²) in [6.07, 6.45) is 0. The van der Waals surface area contributed by atoms with Crippen molar-refractivity contribution in [2.24, 2.45) is 0 Å². The molecule has 1 unspecified atom stereocenters. The van der Waals surface area contributed by atoms with E-state index in [2.05, 4.69) is 0 Å². The van der Waals surface area contributed by atoms with E-state index < -0.39 is 9.03 Å². The molecule has 2 rings (SSSR count). The van der Waals surface area contributed by atoms with Gasteiger partial charge in [0.25, 0.3) is 0 Å². The van der Waals surface area contributed by atoms with Gasteiger partial charge in [0, 0.05) is 0 Å². The zero-order valence-corrected chi connectivity index (χ0v) is 10.4. The van der Waals surface area contributed by atoms with Crippen LogP contribution in [0.1, 0.15) is 5.56 Å². The highest BCUT2D eigenvalue weighted by molar-refractivity contribution is 7.25. The minimum atomic E-state index is -0.537. The van der Waals surface area contributed by atoms with Gasteiger partial charge in [0.2, 0.25) is 9.03 Å². The number of hydrogen-bond acceptors (Lipinski definition) is 3. The Hall–Kier alpha value is -1.57. The summed E-state index contributed by atoms with van der Waals surface area (Å²) in [6.45, 7) is 2.03. The smallest absolute Gasteiger partial charge is 0.212 e. The van der Waals surface area contributed by atoms with E-state index in [0.29, 0.717) is 5.75 Å². The largest absolute Gasteiger partial charge is 0.457 e. The molecule has 0 amide bonds. The molecule has 0 heterocycles. The molecule has 0 saturated heterocycles. The zero-order valence-electron chi connectivity index (χ0n) is 9.38. The van der Waals surface area contributed by atoms with Gasteiger partial charge in [-0.05, 0) is 43.3 Å². The molecule has 0 aromatic heterocycles. The van der Waals surface area contributed by atoms with Crippen molar-refractivity contribution < 1.29 is 14.2 Å². The summed E-state index contributed by atoms with van der Waals surface area (Å²) in [4.78, 5) is 8.62. The molecule has 2 aromatic rings. The van der Waals surface area contributed by atoms with Gasteiger partial charge in [-0.15, -0.1) is 0 Å². The molecule has 0 fully saturated rings. The predicted molar refractivity (Wildman–Crippen MR) is 68.9 cm³/mol. The van der Waals surface area contributed by atoms with Crippen molar-refractivity contribution in [1.82, 2.24) is 0 Å². The SMILES string of the molecule is Cc1ccc(Oc2ccc(OPO)cc2)cc1. The first-order chi connectivity index (χ1) is 8.28. The van der Waals surface area contributed by atoms with E-state index in [-0.39, 0.29) is 0 Å². The Balaban J connectivity index is 2.05. The van der Waals surface area contributed by atoms with E-state index in [9.17, 15) is 0 Å². The number of ether oxygens (including phenoxy) is 1. The third-order valence-electron chi connectivity index (χ3n) is 2.24. The molecule has 0 spiro atoms. The molecule has 0 radical (unpaired) electrons. The van der Waals surface area contributed by atoms with Crippen LogP contribution in [0.25, 0.3) is 0 Å². The van der Waals surface area contributed by atoms with Crippen molar-refractivity contribution in [2.45, 2.75) is 6.92 Å². The molecule has 0 aliphatic rings. The number of rotatable bonds is 4. The van der Waals surface area contributed by atoms with Gasteiger partial charge in [0.15, 0.2) is 0 Å². The van der Waals surface area contributed by atoms with Gasteiger partial charge in [-0.3, -0.25) is 0 Å². The van der Waals surface area contributed by atoms with Crippen LogP contribution in [0.2, 0.25) is 0 Å². The third kappa shape index (κ3) is 3.45. The first-order valence-electron chi connectivity index (χ1n) is 5.18. The maximum Gasteiger partial charge on any atom is 0.212 e. The van der Waals surface area contributed by atoms with Gasteiger partial charge in [-0.25, -0.2) is 0 Å². The Labute approximate surface area is 102 Å². The van der Waals surface area contributed by atoms with Crippen molar-refractivity contribution in [3.63, 3.8) is 0 Å². The maximum absolute atomic E-state index is 8.62. The van der Waals surface area contributed by atoms with Crippen LogP contribution in [0.5, 0.6) is 17.2 Å². The van der Waals surface area contributed by atoms with Crippen molar-refractivity contribution in [1.29, 1.82) is 0 Å². The molecule has 3 nitrogen and oxygen atoms in total. The summed E-state index contributed by atoms with van der Waals surface area (Å²) in [5.41, 5.74) is 1.20. The number of aryl methyl sites for hydroxylation is 1. The second kappa shape index (κ2) is 5.67. The van der Waals surface area contributed by atoms with Crippen LogP contribution in [0.15, 0.2) is 48.5 Å². The van der Waals surface area contributed by atoms with E-state index in [4.69, 9.17) is 14.2 Å². The van der Waals surface area contributed by atoms with Crippen LogP contribution in [-0.4, -0.2) is 4.89 Å². The Morgan fingerprint density at radius 2 is 1.29 bits per heavy atom. The minimum Gasteiger partial charge on any atom is -0.457 e. The van der Waals surface area contributed by atoms with Crippen LogP contribution in [0.3, 0.4) is 0 Å². The topological polar surface area (TPSA) is 38.7 Å². The Bertz CT molecular complexity index is 465. The average molecular weight is 248 g/mol. The minimum absolute atomic E-state index is 0.537. The monoisotopic (exact) mass is 248 g/mol. The predicted octanol–water partition coefficient (Wildman–Crippen LogP) is 3.67. The molecule has 0 aliphatic heterocycles. The lowest BCUT2D eigenvalue weighted by Crippen LogP contribution is -1.84. The first-order valence-corrected chi connectivity index (χ1v) is 6.04. The maximum atomic E-state index is 8.62. The molecule has 0 saturated carbocycles. The van der Waals surface area contributed by atoms with Crippen molar-refractivity contribution >= 4 is 9.03 Å². The number of hydrogen-bond donors (Lipinski definition) is 1. The normalized spacial score (nSPS) is 10.7. The standard InChI is InChI=1S/C13H13O3P/c1-10-2-4-11(5-3-10)15-12-6-8-13(9-7-12)16-17-14/h2-9,14,17H,1H3. The highest BCUT2D eigenvalue weighted by atomic mass is 31.1. The van der Waals surface area contributed by atoms with Crippen LogP contribution in [0, 0.1) is 6.92 Å². The molecule has 0 aliphatic carbocycles. The van der Waals surface area contributed by atoms with Crippen molar-refractivity contribution in [3.05, 3.63) is 54.1 Å². The Morgan fingerprint density at radius 3 is 1.82 bits per heavy atom. The van der Waals surface area contributed by atoms with Crippen LogP contribution >= 0.6 is 9.03 Å². The van der Waals surface area contributed by atoms with E-state index in [1.807, 2.05) is 31.2 Å². The van der Waals surface area contributed by atoms with Crippen molar-refractivity contribution in [2.75, 3.05) is 0 Å². The quantitative estimate of drug-likeness (QED) is 0.839. The number of benzene rings is 2. The molecular weight excluding hydrogens is 235 g/mol. The van der Waals surface area contributed by atoms with E-state index in [1.54, 1.807) is 24.3 Å². The second-order valence-electron chi connectivity index (χ2n) is 3.58. The summed E-state index contributed by atoms with van der Waals surface area (Å²) < 4.78 is 10.6. The lowest BCUT2D eigenvalue weighted by atomic mass is 10.2. The van der Waals surface area contributed by atoms with E-state index in [0.717, 1.165) is 11.5 Å². The van der Waals surface area contributed by atoms with Crippen LogP contribution in [0.4, 0.5) is 0 Å². The molecule has 88 valence electrons. The fourth-order valence-corrected chi connectivity index (χ4v) is 1.61. The van der Waals surface area contributed by atoms with Gasteiger partial charge in [0.1, 0.15) is 17.2 Å². The van der Waals surface area contributed by atoms with Crippen LogP contribution in [-0.2, 0) is 0 Å². The van der Waals surface area contributed by atoms with Crippen LogP contribution < -0.4 is 9.26 Å². The average Bonchev–Trinajstić information content (AvgIpc) is 2.35. The van der Waals surface area contributed by atoms with Gasteiger partial charge in [-0.2, -0.15) is 0 Å².